The molecule has 31 heavy (non-hydrogen) atoms. The first-order valence-electron chi connectivity index (χ1n) is 9.10. The van der Waals surface area contributed by atoms with E-state index in [1.165, 1.54) is 19.2 Å². The van der Waals surface area contributed by atoms with E-state index in [1.54, 1.807) is 0 Å². The minimum Gasteiger partial charge on any atom is -0.480 e. The predicted molar refractivity (Wildman–Crippen MR) is 110 cm³/mol. The lowest BCUT2D eigenvalue weighted by Gasteiger charge is -2.26. The molecular weight excluding hydrogens is 479 g/mol. The lowest BCUT2D eigenvalue weighted by Crippen LogP contribution is -2.37. The summed E-state index contributed by atoms with van der Waals surface area (Å²) in [5.41, 5.74) is -1.41. The van der Waals surface area contributed by atoms with E-state index >= 15 is 0 Å². The maximum atomic E-state index is 13.8. The summed E-state index contributed by atoms with van der Waals surface area (Å²) < 4.78 is 47.7. The molecule has 0 spiro atoms. The highest BCUT2D eigenvalue weighted by atomic mass is 79.9. The quantitative estimate of drug-likeness (QED) is 0.552. The molecule has 0 atom stereocenters. The average Bonchev–Trinajstić information content (AvgIpc) is 3.18. The first-order valence-corrected chi connectivity index (χ1v) is 9.90. The van der Waals surface area contributed by atoms with E-state index in [0.717, 1.165) is 16.2 Å². The fourth-order valence-corrected chi connectivity index (χ4v) is 3.16. The van der Waals surface area contributed by atoms with Crippen molar-refractivity contribution in [2.24, 2.45) is 0 Å². The summed E-state index contributed by atoms with van der Waals surface area (Å²) in [5, 5.41) is 13.7. The van der Waals surface area contributed by atoms with Crippen LogP contribution in [-0.2, 0) is 11.6 Å². The highest BCUT2D eigenvalue weighted by molar-refractivity contribution is 9.10. The maximum Gasteiger partial charge on any atom is 0.434 e. The van der Waals surface area contributed by atoms with Gasteiger partial charge >= 0.3 is 6.18 Å². The van der Waals surface area contributed by atoms with Crippen LogP contribution in [0, 0.1) is 0 Å². The number of aromatic nitrogens is 4. The molecule has 7 nitrogen and oxygen atoms in total. The van der Waals surface area contributed by atoms with Crippen LogP contribution in [0.2, 0.25) is 0 Å². The van der Waals surface area contributed by atoms with Crippen LogP contribution in [0.5, 0.6) is 5.88 Å². The van der Waals surface area contributed by atoms with Crippen molar-refractivity contribution in [2.75, 3.05) is 13.7 Å². The molecule has 0 saturated carbocycles. The third-order valence-corrected chi connectivity index (χ3v) is 5.18. The number of hydrogen-bond donors (Lipinski definition) is 1. The molecule has 0 aliphatic heterocycles. The molecular formula is C20H19BrF3N5O2. The van der Waals surface area contributed by atoms with Gasteiger partial charge in [0.2, 0.25) is 5.88 Å². The number of nitrogens with one attached hydrogen (secondary N) is 1. The first-order chi connectivity index (χ1) is 14.5. The van der Waals surface area contributed by atoms with Gasteiger partial charge in [-0.15, -0.1) is 10.2 Å². The van der Waals surface area contributed by atoms with Crippen LogP contribution >= 0.6 is 15.9 Å². The van der Waals surface area contributed by atoms with Gasteiger partial charge in [0.05, 0.1) is 18.9 Å². The molecule has 0 bridgehead atoms. The lowest BCUT2D eigenvalue weighted by atomic mass is 9.84. The summed E-state index contributed by atoms with van der Waals surface area (Å²) in [6.07, 6.45) is -3.97. The number of halogens is 4. The van der Waals surface area contributed by atoms with Crippen LogP contribution in [0.25, 0.3) is 5.82 Å². The van der Waals surface area contributed by atoms with Crippen molar-refractivity contribution in [1.29, 1.82) is 0 Å². The Labute approximate surface area is 184 Å². The molecule has 2 heterocycles. The third-order valence-electron chi connectivity index (χ3n) is 4.65. The molecule has 0 radical (unpaired) electrons. The van der Waals surface area contributed by atoms with Crippen molar-refractivity contribution in [3.63, 3.8) is 0 Å². The lowest BCUT2D eigenvalue weighted by molar-refractivity contribution is -0.143. The van der Waals surface area contributed by atoms with Gasteiger partial charge in [-0.3, -0.25) is 4.79 Å². The standard InChI is InChI=1S/C20H19BrF3N5O2/c1-19(2,12-4-6-13(21)7-5-12)11-25-18(30)14-10-26-29(17(14)20(22,23)24)15-8-9-16(31-3)28-27-15/h4-10H,11H2,1-3H3,(H,25,30). The molecule has 3 rings (SSSR count). The second-order valence-electron chi connectivity index (χ2n) is 7.32. The molecule has 2 aromatic heterocycles. The Morgan fingerprint density at radius 1 is 1.13 bits per heavy atom. The number of alkyl halides is 3. The Kier molecular flexibility index (Phi) is 6.35. The number of ether oxygens (including phenoxy) is 1. The number of nitrogens with zero attached hydrogens (tertiary/aromatic N) is 4. The monoisotopic (exact) mass is 497 g/mol. The number of methoxy groups -OCH3 is 1. The Morgan fingerprint density at radius 2 is 1.81 bits per heavy atom. The first kappa shape index (κ1) is 22.7. The fraction of sp³-hybridized carbons (Fsp3) is 0.300. The summed E-state index contributed by atoms with van der Waals surface area (Å²) >= 11 is 3.36. The zero-order valence-corrected chi connectivity index (χ0v) is 18.5. The fourth-order valence-electron chi connectivity index (χ4n) is 2.90. The Bertz CT molecular complexity index is 1060. The van der Waals surface area contributed by atoms with Gasteiger partial charge < -0.3 is 10.1 Å². The van der Waals surface area contributed by atoms with Crippen LogP contribution in [0.4, 0.5) is 13.2 Å². The van der Waals surface area contributed by atoms with E-state index in [-0.39, 0.29) is 18.2 Å². The molecule has 11 heteroatoms. The van der Waals surface area contributed by atoms with Crippen LogP contribution in [0.15, 0.2) is 47.1 Å². The van der Waals surface area contributed by atoms with Gasteiger partial charge in [-0.05, 0) is 23.8 Å². The zero-order valence-electron chi connectivity index (χ0n) is 16.9. The van der Waals surface area contributed by atoms with Crippen LogP contribution < -0.4 is 10.1 Å². The maximum absolute atomic E-state index is 13.8. The molecule has 0 fully saturated rings. The van der Waals surface area contributed by atoms with Gasteiger partial charge in [-0.25, -0.2) is 4.68 Å². The minimum absolute atomic E-state index is 0.123. The number of carbonyl (C=O) groups excluding carboxylic acids is 1. The average molecular weight is 498 g/mol. The molecule has 3 aromatic rings. The zero-order chi connectivity index (χ0) is 22.8. The van der Waals surface area contributed by atoms with Crippen molar-refractivity contribution in [3.8, 4) is 11.7 Å². The summed E-state index contributed by atoms with van der Waals surface area (Å²) in [4.78, 5) is 12.7. The van der Waals surface area contributed by atoms with Crippen LogP contribution in [-0.4, -0.2) is 39.5 Å². The Balaban J connectivity index is 1.87. The highest BCUT2D eigenvalue weighted by Gasteiger charge is 2.41. The van der Waals surface area contributed by atoms with E-state index in [4.69, 9.17) is 4.74 Å². The number of rotatable bonds is 6. The molecule has 164 valence electrons. The van der Waals surface area contributed by atoms with Gasteiger partial charge in [-0.2, -0.15) is 18.3 Å². The predicted octanol–water partition coefficient (Wildman–Crippen LogP) is 4.16. The summed E-state index contributed by atoms with van der Waals surface area (Å²) in [6.45, 7) is 3.90. The van der Waals surface area contributed by atoms with E-state index < -0.39 is 28.8 Å². The van der Waals surface area contributed by atoms with E-state index in [0.29, 0.717) is 4.68 Å². The van der Waals surface area contributed by atoms with E-state index in [9.17, 15) is 18.0 Å². The van der Waals surface area contributed by atoms with E-state index in [1.807, 2.05) is 38.1 Å². The highest BCUT2D eigenvalue weighted by Crippen LogP contribution is 2.33. The van der Waals surface area contributed by atoms with Crippen LogP contribution in [0.3, 0.4) is 0 Å². The van der Waals surface area contributed by atoms with Crippen LogP contribution in [0.1, 0.15) is 35.5 Å². The van der Waals surface area contributed by atoms with Gasteiger partial charge in [-0.1, -0.05) is 41.9 Å². The molecule has 1 aromatic carbocycles. The minimum atomic E-state index is -4.84. The van der Waals surface area contributed by atoms with Gasteiger partial charge in [0, 0.05) is 22.5 Å². The number of benzene rings is 1. The molecule has 0 aliphatic carbocycles. The SMILES string of the molecule is COc1ccc(-n2ncc(C(=O)NCC(C)(C)c3ccc(Br)cc3)c2C(F)(F)F)nn1. The third kappa shape index (κ3) is 5.04. The summed E-state index contributed by atoms with van der Waals surface area (Å²) in [7, 11) is 1.36. The molecule has 1 N–H and O–H groups in total. The van der Waals surface area contributed by atoms with Gasteiger partial charge in [0.25, 0.3) is 5.91 Å². The van der Waals surface area contributed by atoms with Crippen molar-refractivity contribution >= 4 is 21.8 Å². The Hall–Kier alpha value is -2.95. The van der Waals surface area contributed by atoms with Crippen molar-refractivity contribution < 1.29 is 22.7 Å². The summed E-state index contributed by atoms with van der Waals surface area (Å²) in [6, 6.07) is 10.1. The van der Waals surface area contributed by atoms with Crippen molar-refractivity contribution in [3.05, 3.63) is 63.9 Å². The second-order valence-corrected chi connectivity index (χ2v) is 8.24. The Morgan fingerprint density at radius 3 is 2.35 bits per heavy atom. The number of hydrogen-bond acceptors (Lipinski definition) is 5. The summed E-state index contributed by atoms with van der Waals surface area (Å²) in [5.74, 6) is -0.940. The smallest absolute Gasteiger partial charge is 0.434 e. The number of carbonyl (C=O) groups is 1. The largest absolute Gasteiger partial charge is 0.480 e. The topological polar surface area (TPSA) is 81.9 Å². The number of amides is 1. The van der Waals surface area contributed by atoms with Crippen molar-refractivity contribution in [2.45, 2.75) is 25.4 Å². The second kappa shape index (κ2) is 8.66. The normalized spacial score (nSPS) is 12.0. The molecule has 0 saturated heterocycles. The van der Waals surface area contributed by atoms with Gasteiger partial charge in [0.15, 0.2) is 11.5 Å². The molecule has 0 unspecified atom stereocenters. The van der Waals surface area contributed by atoms with E-state index in [2.05, 4.69) is 36.5 Å². The van der Waals surface area contributed by atoms with Gasteiger partial charge in [0.1, 0.15) is 0 Å². The molecule has 1 amide bonds. The van der Waals surface area contributed by atoms with Crippen molar-refractivity contribution in [1.82, 2.24) is 25.3 Å². The molecule has 0 aliphatic rings.